The number of rotatable bonds is 11. The minimum Gasteiger partial charge on any atom is -0.490 e. The van der Waals surface area contributed by atoms with E-state index in [9.17, 15) is 4.79 Å². The van der Waals surface area contributed by atoms with Gasteiger partial charge in [-0.3, -0.25) is 0 Å². The first-order valence-electron chi connectivity index (χ1n) is 12.8. The van der Waals surface area contributed by atoms with E-state index in [-0.39, 0.29) is 5.97 Å². The molecule has 1 atom stereocenters. The predicted octanol–water partition coefficient (Wildman–Crippen LogP) is 6.68. The van der Waals surface area contributed by atoms with E-state index in [1.165, 1.54) is 0 Å². The third kappa shape index (κ3) is 6.02. The Bertz CT molecular complexity index is 1340. The molecule has 0 spiro atoms. The van der Waals surface area contributed by atoms with Crippen LogP contribution in [0.25, 0.3) is 0 Å². The lowest BCUT2D eigenvalue weighted by molar-refractivity contribution is -0.139. The summed E-state index contributed by atoms with van der Waals surface area (Å²) in [6, 6.07) is 11.4. The number of halogens is 1. The molecule has 1 N–H and O–H groups in total. The van der Waals surface area contributed by atoms with Crippen LogP contribution >= 0.6 is 27.7 Å². The van der Waals surface area contributed by atoms with Crippen LogP contribution in [0.3, 0.4) is 0 Å². The fourth-order valence-corrected chi connectivity index (χ4v) is 5.37. The lowest BCUT2D eigenvalue weighted by atomic mass is 9.95. The van der Waals surface area contributed by atoms with Crippen molar-refractivity contribution in [2.24, 2.45) is 0 Å². The molecule has 1 aliphatic heterocycles. The zero-order chi connectivity index (χ0) is 27.2. The van der Waals surface area contributed by atoms with Gasteiger partial charge in [0.25, 0.3) is 0 Å². The van der Waals surface area contributed by atoms with E-state index in [1.54, 1.807) is 16.4 Å². The van der Waals surface area contributed by atoms with Gasteiger partial charge in [-0.05, 0) is 77.7 Å². The monoisotopic (exact) mass is 600 g/mol. The lowest BCUT2D eigenvalue weighted by Crippen LogP contribution is -2.30. The zero-order valence-corrected chi connectivity index (χ0v) is 24.7. The molecular weight excluding hydrogens is 568 g/mol. The summed E-state index contributed by atoms with van der Waals surface area (Å²) in [7, 11) is 0. The minimum atomic E-state index is -0.560. The van der Waals surface area contributed by atoms with Gasteiger partial charge in [-0.25, -0.2) is 9.48 Å². The van der Waals surface area contributed by atoms with Crippen molar-refractivity contribution in [1.82, 2.24) is 14.8 Å². The van der Waals surface area contributed by atoms with Gasteiger partial charge in [-0.15, -0.1) is 5.10 Å². The van der Waals surface area contributed by atoms with Crippen molar-refractivity contribution in [1.29, 1.82) is 0 Å². The van der Waals surface area contributed by atoms with Gasteiger partial charge in [0.15, 0.2) is 11.5 Å². The SMILES string of the molecule is CCCOC(=O)C1=C(C)Nc2nc(SCC)nn2C1c1cc(Br)c(OCc2ccccc2C)c(OCC)c1. The van der Waals surface area contributed by atoms with Crippen LogP contribution in [0.15, 0.2) is 57.3 Å². The number of hydrogen-bond donors (Lipinski definition) is 1. The van der Waals surface area contributed by atoms with Crippen molar-refractivity contribution < 1.29 is 19.0 Å². The second-order valence-corrected chi connectivity index (χ2v) is 10.9. The molecule has 0 amide bonds. The molecule has 4 rings (SSSR count). The topological polar surface area (TPSA) is 87.5 Å². The summed E-state index contributed by atoms with van der Waals surface area (Å²) in [5.74, 6) is 2.20. The molecule has 2 aromatic carbocycles. The number of nitrogens with one attached hydrogen (secondary N) is 1. The molecule has 38 heavy (non-hydrogen) atoms. The number of nitrogens with zero attached hydrogens (tertiary/aromatic N) is 3. The van der Waals surface area contributed by atoms with Crippen molar-refractivity contribution in [3.8, 4) is 11.5 Å². The quantitative estimate of drug-likeness (QED) is 0.192. The molecule has 10 heteroatoms. The van der Waals surface area contributed by atoms with Crippen LogP contribution in [-0.2, 0) is 16.1 Å². The number of fused-ring (bicyclic) bond motifs is 1. The molecule has 0 saturated carbocycles. The highest BCUT2D eigenvalue weighted by molar-refractivity contribution is 9.10. The Morgan fingerprint density at radius 1 is 1.16 bits per heavy atom. The van der Waals surface area contributed by atoms with Crippen LogP contribution in [0.4, 0.5) is 5.95 Å². The van der Waals surface area contributed by atoms with Gasteiger partial charge < -0.3 is 19.5 Å². The summed E-state index contributed by atoms with van der Waals surface area (Å²) >= 11 is 5.25. The fourth-order valence-electron chi connectivity index (χ4n) is 4.24. The van der Waals surface area contributed by atoms with E-state index in [1.807, 2.05) is 58.0 Å². The molecule has 1 aliphatic rings. The first-order valence-corrected chi connectivity index (χ1v) is 14.5. The van der Waals surface area contributed by atoms with Crippen LogP contribution in [0, 0.1) is 6.92 Å². The van der Waals surface area contributed by atoms with Crippen molar-refractivity contribution in [3.05, 3.63) is 68.8 Å². The molecule has 1 unspecified atom stereocenters. The molecular formula is C28H33BrN4O4S. The van der Waals surface area contributed by atoms with Crippen LogP contribution < -0.4 is 14.8 Å². The van der Waals surface area contributed by atoms with E-state index in [2.05, 4.69) is 39.2 Å². The number of carbonyl (C=O) groups is 1. The predicted molar refractivity (Wildman–Crippen MR) is 153 cm³/mol. The number of allylic oxidation sites excluding steroid dienone is 1. The molecule has 0 saturated heterocycles. The van der Waals surface area contributed by atoms with Crippen LogP contribution in [0.2, 0.25) is 0 Å². The molecule has 3 aromatic rings. The Kier molecular flexibility index (Phi) is 9.38. The zero-order valence-electron chi connectivity index (χ0n) is 22.3. The Balaban J connectivity index is 1.78. The number of hydrogen-bond acceptors (Lipinski definition) is 8. The average molecular weight is 602 g/mol. The van der Waals surface area contributed by atoms with Crippen LogP contribution in [-0.4, -0.2) is 39.7 Å². The van der Waals surface area contributed by atoms with Crippen molar-refractivity contribution in [2.75, 3.05) is 24.3 Å². The summed E-state index contributed by atoms with van der Waals surface area (Å²) in [5.41, 5.74) is 4.21. The number of aromatic nitrogens is 3. The van der Waals surface area contributed by atoms with Gasteiger partial charge in [0.1, 0.15) is 12.6 Å². The molecule has 0 radical (unpaired) electrons. The highest BCUT2D eigenvalue weighted by atomic mass is 79.9. The first kappa shape index (κ1) is 28.0. The Hall–Kier alpha value is -2.98. The third-order valence-electron chi connectivity index (χ3n) is 6.04. The second-order valence-electron chi connectivity index (χ2n) is 8.78. The number of esters is 1. The fraction of sp³-hybridized carbons (Fsp3) is 0.393. The van der Waals surface area contributed by atoms with Gasteiger partial charge in [-0.2, -0.15) is 4.98 Å². The standard InChI is InChI=1S/C28H33BrN4O4S/c1-6-13-36-26(34)23-18(5)30-27-31-28(38-8-3)32-33(27)24(23)20-14-21(29)25(22(15-20)35-7-2)37-16-19-12-10-9-11-17(19)4/h9-12,14-15,24H,6-8,13,16H2,1-5H3,(H,30,31,32). The average Bonchev–Trinajstić information content (AvgIpc) is 3.29. The van der Waals surface area contributed by atoms with E-state index < -0.39 is 6.04 Å². The summed E-state index contributed by atoms with van der Waals surface area (Å²) in [5, 5.41) is 8.62. The van der Waals surface area contributed by atoms with Crippen LogP contribution in [0.1, 0.15) is 56.8 Å². The van der Waals surface area contributed by atoms with Gasteiger partial charge >= 0.3 is 5.97 Å². The van der Waals surface area contributed by atoms with Gasteiger partial charge in [0.2, 0.25) is 11.1 Å². The third-order valence-corrected chi connectivity index (χ3v) is 7.35. The highest BCUT2D eigenvalue weighted by Gasteiger charge is 2.36. The smallest absolute Gasteiger partial charge is 0.338 e. The number of anilines is 1. The summed E-state index contributed by atoms with van der Waals surface area (Å²) in [6.45, 7) is 11.1. The molecule has 0 bridgehead atoms. The van der Waals surface area contributed by atoms with E-state index in [4.69, 9.17) is 19.3 Å². The molecule has 8 nitrogen and oxygen atoms in total. The van der Waals surface area contributed by atoms with Crippen molar-refractivity contribution in [2.45, 2.75) is 58.8 Å². The lowest BCUT2D eigenvalue weighted by Gasteiger charge is -2.29. The van der Waals surface area contributed by atoms with Crippen molar-refractivity contribution >= 4 is 39.6 Å². The van der Waals surface area contributed by atoms with Gasteiger partial charge in [0, 0.05) is 5.70 Å². The Labute approximate surface area is 236 Å². The summed E-state index contributed by atoms with van der Waals surface area (Å²) in [4.78, 5) is 17.9. The molecule has 0 aliphatic carbocycles. The van der Waals surface area contributed by atoms with E-state index in [0.29, 0.717) is 58.2 Å². The second kappa shape index (κ2) is 12.7. The number of benzene rings is 2. The normalized spacial score (nSPS) is 14.6. The Morgan fingerprint density at radius 2 is 1.95 bits per heavy atom. The van der Waals surface area contributed by atoms with E-state index in [0.717, 1.165) is 28.9 Å². The maximum absolute atomic E-state index is 13.3. The summed E-state index contributed by atoms with van der Waals surface area (Å²) in [6.07, 6.45) is 0.731. The van der Waals surface area contributed by atoms with Crippen molar-refractivity contribution in [3.63, 3.8) is 0 Å². The minimum absolute atomic E-state index is 0.336. The summed E-state index contributed by atoms with van der Waals surface area (Å²) < 4.78 is 20.3. The number of thioether (sulfide) groups is 1. The number of ether oxygens (including phenoxy) is 3. The maximum Gasteiger partial charge on any atom is 0.338 e. The number of aryl methyl sites for hydroxylation is 1. The largest absolute Gasteiger partial charge is 0.490 e. The molecule has 1 aromatic heterocycles. The van der Waals surface area contributed by atoms with E-state index >= 15 is 0 Å². The molecule has 2 heterocycles. The first-order chi connectivity index (χ1) is 18.4. The number of carbonyl (C=O) groups excluding carboxylic acids is 1. The highest BCUT2D eigenvalue weighted by Crippen LogP contribution is 2.43. The molecule has 202 valence electrons. The van der Waals surface area contributed by atoms with Gasteiger partial charge in [0.05, 0.1) is 23.3 Å². The maximum atomic E-state index is 13.3. The molecule has 0 fully saturated rings. The Morgan fingerprint density at radius 3 is 2.66 bits per heavy atom. The van der Waals surface area contributed by atoms with Gasteiger partial charge in [-0.1, -0.05) is 49.9 Å². The van der Waals surface area contributed by atoms with Crippen LogP contribution in [0.5, 0.6) is 11.5 Å².